The molecule has 2 saturated heterocycles. The van der Waals surface area contributed by atoms with Crippen LogP contribution in [0.1, 0.15) is 44.9 Å². The van der Waals surface area contributed by atoms with Crippen LogP contribution in [0.4, 0.5) is 11.5 Å². The van der Waals surface area contributed by atoms with Crippen molar-refractivity contribution >= 4 is 17.4 Å². The minimum absolute atomic E-state index is 0.208. The van der Waals surface area contributed by atoms with Crippen LogP contribution in [-0.2, 0) is 4.79 Å². The van der Waals surface area contributed by atoms with Crippen LogP contribution < -0.4 is 4.90 Å². The van der Waals surface area contributed by atoms with E-state index in [4.69, 9.17) is 11.6 Å². The Hall–Kier alpha value is -2.91. The van der Waals surface area contributed by atoms with Crippen molar-refractivity contribution in [2.45, 2.75) is 57.1 Å². The van der Waals surface area contributed by atoms with Gasteiger partial charge in [0.05, 0.1) is 18.1 Å². The first kappa shape index (κ1) is 21.0. The van der Waals surface area contributed by atoms with Gasteiger partial charge in [0, 0.05) is 31.9 Å². The van der Waals surface area contributed by atoms with Crippen molar-refractivity contribution in [1.82, 2.24) is 9.88 Å². The van der Waals surface area contributed by atoms with Gasteiger partial charge in [-0.1, -0.05) is 30.3 Å². The highest BCUT2D eigenvalue weighted by Crippen LogP contribution is 2.44. The zero-order chi connectivity index (χ0) is 22.1. The monoisotopic (exact) mass is 430 g/mol. The summed E-state index contributed by atoms with van der Waals surface area (Å²) in [6.45, 7) is 10.0. The Morgan fingerprint density at radius 2 is 1.84 bits per heavy atom. The summed E-state index contributed by atoms with van der Waals surface area (Å²) >= 11 is 0. The van der Waals surface area contributed by atoms with E-state index in [9.17, 15) is 9.90 Å². The molecular weight excluding hydrogens is 400 g/mol. The fourth-order valence-electron chi connectivity index (χ4n) is 5.82. The van der Waals surface area contributed by atoms with Gasteiger partial charge in [-0.25, -0.2) is 4.85 Å². The first-order valence-electron chi connectivity index (χ1n) is 11.8. The molecule has 1 spiro atoms. The average Bonchev–Trinajstić information content (AvgIpc) is 3.15. The molecule has 1 N–H and O–H groups in total. The second-order valence-electron chi connectivity index (χ2n) is 9.56. The van der Waals surface area contributed by atoms with Gasteiger partial charge < -0.3 is 14.9 Å². The van der Waals surface area contributed by atoms with Crippen LogP contribution in [0.25, 0.3) is 16.0 Å². The Bertz CT molecular complexity index is 1030. The van der Waals surface area contributed by atoms with Crippen LogP contribution in [0.5, 0.6) is 0 Å². The number of pyridine rings is 1. The molecule has 2 aliphatic heterocycles. The molecule has 3 fully saturated rings. The van der Waals surface area contributed by atoms with Crippen LogP contribution in [-0.4, -0.2) is 52.7 Å². The minimum atomic E-state index is -0.368. The number of carbonyl (C=O) groups is 1. The molecule has 1 amide bonds. The molecule has 5 rings (SSSR count). The van der Waals surface area contributed by atoms with Gasteiger partial charge >= 0.3 is 0 Å². The number of piperidine rings is 1. The fourth-order valence-corrected chi connectivity index (χ4v) is 5.82. The van der Waals surface area contributed by atoms with E-state index in [0.29, 0.717) is 18.1 Å². The number of hydrogen-bond acceptors (Lipinski definition) is 4. The number of benzene rings is 1. The van der Waals surface area contributed by atoms with Crippen LogP contribution in [0.15, 0.2) is 42.6 Å². The van der Waals surface area contributed by atoms with E-state index >= 15 is 0 Å². The van der Waals surface area contributed by atoms with Gasteiger partial charge in [-0.2, -0.15) is 0 Å². The van der Waals surface area contributed by atoms with E-state index in [2.05, 4.69) is 14.6 Å². The number of carbonyl (C=O) groups excluding carboxylic acids is 1. The third-order valence-electron chi connectivity index (χ3n) is 7.60. The Morgan fingerprint density at radius 3 is 2.59 bits per heavy atom. The quantitative estimate of drug-likeness (QED) is 0.732. The Labute approximate surface area is 189 Å². The Morgan fingerprint density at radius 1 is 1.06 bits per heavy atom. The topological polar surface area (TPSA) is 61.0 Å². The van der Waals surface area contributed by atoms with Crippen molar-refractivity contribution in [3.8, 4) is 11.1 Å². The molecule has 166 valence electrons. The van der Waals surface area contributed by atoms with E-state index in [1.807, 2.05) is 42.6 Å². The van der Waals surface area contributed by atoms with E-state index in [1.54, 1.807) is 0 Å². The number of hydrogen-bond donors (Lipinski definition) is 1. The van der Waals surface area contributed by atoms with E-state index in [-0.39, 0.29) is 23.5 Å². The molecule has 32 heavy (non-hydrogen) atoms. The Kier molecular flexibility index (Phi) is 5.60. The molecule has 6 heteroatoms. The Balaban J connectivity index is 1.36. The number of rotatable bonds is 3. The van der Waals surface area contributed by atoms with Crippen LogP contribution in [0, 0.1) is 12.0 Å². The summed E-state index contributed by atoms with van der Waals surface area (Å²) in [5, 5.41) is 9.84. The first-order chi connectivity index (χ1) is 15.6. The third kappa shape index (κ3) is 3.75. The maximum Gasteiger partial charge on any atom is 0.230 e. The predicted molar refractivity (Wildman–Crippen MR) is 124 cm³/mol. The molecule has 2 aromatic rings. The number of anilines is 1. The smallest absolute Gasteiger partial charge is 0.230 e. The zero-order valence-corrected chi connectivity index (χ0v) is 18.4. The van der Waals surface area contributed by atoms with Gasteiger partial charge in [-0.15, -0.1) is 0 Å². The van der Waals surface area contributed by atoms with E-state index in [0.717, 1.165) is 69.2 Å². The lowest BCUT2D eigenvalue weighted by molar-refractivity contribution is -0.139. The first-order valence-corrected chi connectivity index (χ1v) is 11.8. The molecule has 1 atom stereocenters. The number of likely N-dealkylation sites (tertiary alicyclic amines) is 1. The molecule has 1 aromatic heterocycles. The zero-order valence-electron chi connectivity index (χ0n) is 18.4. The van der Waals surface area contributed by atoms with Gasteiger partial charge in [-0.05, 0) is 62.1 Å². The summed E-state index contributed by atoms with van der Waals surface area (Å²) in [5.41, 5.74) is 2.17. The summed E-state index contributed by atoms with van der Waals surface area (Å²) in [7, 11) is 0. The summed E-state index contributed by atoms with van der Waals surface area (Å²) in [6, 6.07) is 12.2. The maximum absolute atomic E-state index is 13.6. The fraction of sp³-hybridized carbons (Fsp3) is 0.500. The molecular formula is C26H30N4O2. The molecule has 1 aliphatic carbocycles. The van der Waals surface area contributed by atoms with Crippen molar-refractivity contribution in [3.63, 3.8) is 0 Å². The second-order valence-corrected chi connectivity index (χ2v) is 9.56. The summed E-state index contributed by atoms with van der Waals surface area (Å²) in [4.78, 5) is 26.3. The van der Waals surface area contributed by atoms with Crippen LogP contribution >= 0.6 is 0 Å². The highest BCUT2D eigenvalue weighted by Gasteiger charge is 2.50. The molecule has 1 aromatic carbocycles. The highest BCUT2D eigenvalue weighted by molar-refractivity contribution is 5.86. The lowest BCUT2D eigenvalue weighted by Gasteiger charge is -2.41. The number of amides is 1. The van der Waals surface area contributed by atoms with Crippen molar-refractivity contribution < 1.29 is 9.90 Å². The summed E-state index contributed by atoms with van der Waals surface area (Å²) in [6.07, 6.45) is 7.73. The third-order valence-corrected chi connectivity index (χ3v) is 7.60. The summed E-state index contributed by atoms with van der Waals surface area (Å²) in [5.74, 6) is 0.972. The van der Waals surface area contributed by atoms with Crippen molar-refractivity contribution in [1.29, 1.82) is 0 Å². The van der Waals surface area contributed by atoms with E-state index < -0.39 is 0 Å². The molecule has 0 unspecified atom stereocenters. The molecule has 0 bridgehead atoms. The highest BCUT2D eigenvalue weighted by atomic mass is 16.3. The van der Waals surface area contributed by atoms with Crippen LogP contribution in [0.2, 0.25) is 0 Å². The predicted octanol–water partition coefficient (Wildman–Crippen LogP) is 4.42. The van der Waals surface area contributed by atoms with Crippen molar-refractivity contribution in [2.24, 2.45) is 5.41 Å². The van der Waals surface area contributed by atoms with Gasteiger partial charge in [0.25, 0.3) is 0 Å². The summed E-state index contributed by atoms with van der Waals surface area (Å²) < 4.78 is 0. The molecule has 0 radical (unpaired) electrons. The average molecular weight is 431 g/mol. The second kappa shape index (κ2) is 8.55. The van der Waals surface area contributed by atoms with Crippen LogP contribution in [0.3, 0.4) is 0 Å². The van der Waals surface area contributed by atoms with Gasteiger partial charge in [0.15, 0.2) is 0 Å². The molecule has 3 heterocycles. The van der Waals surface area contributed by atoms with Gasteiger partial charge in [0.1, 0.15) is 5.82 Å². The van der Waals surface area contributed by atoms with E-state index in [1.165, 1.54) is 0 Å². The lowest BCUT2D eigenvalue weighted by Crippen LogP contribution is -2.50. The minimum Gasteiger partial charge on any atom is -0.393 e. The number of aliphatic hydroxyl groups is 1. The SMILES string of the molecule is [C-]#[N+]c1cc(-c2ccccc2)cnc1N1CCC[C@]2(CCN(C3CCC(O)CC3)C2=O)C1. The number of nitrogens with zero attached hydrogens (tertiary/aromatic N) is 4. The lowest BCUT2D eigenvalue weighted by atomic mass is 9.78. The maximum atomic E-state index is 13.6. The molecule has 1 saturated carbocycles. The van der Waals surface area contributed by atoms with Crippen molar-refractivity contribution in [3.05, 3.63) is 54.0 Å². The largest absolute Gasteiger partial charge is 0.393 e. The number of aromatic nitrogens is 1. The number of aliphatic hydroxyl groups excluding tert-OH is 1. The normalized spacial score (nSPS) is 28.2. The van der Waals surface area contributed by atoms with Crippen molar-refractivity contribution in [2.75, 3.05) is 24.5 Å². The van der Waals surface area contributed by atoms with Gasteiger partial charge in [-0.3, -0.25) is 9.78 Å². The molecule has 3 aliphatic rings. The van der Waals surface area contributed by atoms with Gasteiger partial charge in [0.2, 0.25) is 11.6 Å². The molecule has 6 nitrogen and oxygen atoms in total. The standard InChI is InChI=1S/C26H30N4O2/c1-27-23-16-20(19-6-3-2-4-7-19)17-28-24(23)29-14-5-12-26(18-29)13-15-30(25(26)32)21-8-10-22(31)11-9-21/h2-4,6-7,16-17,21-22,31H,5,8-15,18H2/t21?,22?,26-/m0/s1.